The summed E-state index contributed by atoms with van der Waals surface area (Å²) in [7, 11) is 1.94. The van der Waals surface area contributed by atoms with E-state index < -0.39 is 0 Å². The molecule has 1 unspecified atom stereocenters. The van der Waals surface area contributed by atoms with Crippen LogP contribution in [0, 0.1) is 0 Å². The van der Waals surface area contributed by atoms with Gasteiger partial charge in [0.1, 0.15) is 0 Å². The van der Waals surface area contributed by atoms with Crippen LogP contribution < -0.4 is 11.3 Å². The first kappa shape index (κ1) is 11.2. The molecule has 0 spiro atoms. The van der Waals surface area contributed by atoms with Gasteiger partial charge in [-0.3, -0.25) is 16.0 Å². The Morgan fingerprint density at radius 1 is 1.62 bits per heavy atom. The van der Waals surface area contributed by atoms with E-state index >= 15 is 0 Å². The molecule has 0 aliphatic heterocycles. The van der Waals surface area contributed by atoms with Gasteiger partial charge in [-0.2, -0.15) is 5.10 Å². The topological polar surface area (TPSA) is 81.7 Å². The van der Waals surface area contributed by atoms with Crippen LogP contribution in [0.3, 0.4) is 0 Å². The minimum Gasteiger partial charge on any atom is -0.273 e. The van der Waals surface area contributed by atoms with Gasteiger partial charge in [-0.05, 0) is 30.4 Å². The molecule has 0 aliphatic rings. The molecular formula is C9H14N6S. The zero-order chi connectivity index (χ0) is 11.4. The van der Waals surface area contributed by atoms with Crippen molar-refractivity contribution in [2.45, 2.75) is 18.9 Å². The molecule has 0 fully saturated rings. The quantitative estimate of drug-likeness (QED) is 0.582. The summed E-state index contributed by atoms with van der Waals surface area (Å²) >= 11 is 1.37. The molecule has 3 N–H and O–H groups in total. The van der Waals surface area contributed by atoms with Crippen molar-refractivity contribution in [1.82, 2.24) is 24.8 Å². The Bertz CT molecular complexity index is 423. The molecule has 2 rings (SSSR count). The average Bonchev–Trinajstić information content (AvgIpc) is 2.92. The van der Waals surface area contributed by atoms with Gasteiger partial charge >= 0.3 is 0 Å². The Morgan fingerprint density at radius 3 is 3.06 bits per heavy atom. The standard InChI is InChI=1S/C9H14N6S/c1-15-7(4-5-12-15)2-3-8(13-10)9-6-11-14-16-9/h4-6,8,13H,2-3,10H2,1H3. The van der Waals surface area contributed by atoms with Crippen LogP contribution >= 0.6 is 11.5 Å². The number of aromatic nitrogens is 4. The van der Waals surface area contributed by atoms with Gasteiger partial charge in [0.05, 0.1) is 17.1 Å². The number of nitrogens with one attached hydrogen (secondary N) is 1. The molecule has 0 bridgehead atoms. The highest BCUT2D eigenvalue weighted by molar-refractivity contribution is 7.05. The Kier molecular flexibility index (Phi) is 3.60. The van der Waals surface area contributed by atoms with E-state index in [0.717, 1.165) is 17.7 Å². The first-order chi connectivity index (χ1) is 7.81. The smallest absolute Gasteiger partial charge is 0.0669 e. The Balaban J connectivity index is 1.96. The van der Waals surface area contributed by atoms with Crippen LogP contribution in [0.1, 0.15) is 23.0 Å². The fourth-order valence-electron chi connectivity index (χ4n) is 1.57. The first-order valence-corrected chi connectivity index (χ1v) is 5.79. The van der Waals surface area contributed by atoms with E-state index in [-0.39, 0.29) is 6.04 Å². The number of hydrogen-bond acceptors (Lipinski definition) is 6. The molecule has 2 heterocycles. The zero-order valence-electron chi connectivity index (χ0n) is 9.00. The van der Waals surface area contributed by atoms with Crippen molar-refractivity contribution in [3.63, 3.8) is 0 Å². The van der Waals surface area contributed by atoms with E-state index in [0.29, 0.717) is 0 Å². The summed E-state index contributed by atoms with van der Waals surface area (Å²) in [6, 6.07) is 2.12. The molecule has 1 atom stereocenters. The predicted molar refractivity (Wildman–Crippen MR) is 61.5 cm³/mol. The Labute approximate surface area is 97.6 Å². The van der Waals surface area contributed by atoms with Crippen molar-refractivity contribution in [2.24, 2.45) is 12.9 Å². The summed E-state index contributed by atoms with van der Waals surface area (Å²) in [6.07, 6.45) is 5.37. The van der Waals surface area contributed by atoms with Gasteiger partial charge in [0.15, 0.2) is 0 Å². The van der Waals surface area contributed by atoms with E-state index in [4.69, 9.17) is 5.84 Å². The molecular weight excluding hydrogens is 224 g/mol. The third kappa shape index (κ3) is 2.43. The number of nitrogens with two attached hydrogens (primary N) is 1. The third-order valence-corrected chi connectivity index (χ3v) is 3.31. The number of nitrogens with zero attached hydrogens (tertiary/aromatic N) is 4. The molecule has 86 valence electrons. The van der Waals surface area contributed by atoms with E-state index in [1.54, 1.807) is 12.4 Å². The van der Waals surface area contributed by atoms with Gasteiger partial charge in [0, 0.05) is 18.9 Å². The van der Waals surface area contributed by atoms with Gasteiger partial charge < -0.3 is 0 Å². The summed E-state index contributed by atoms with van der Waals surface area (Å²) in [4.78, 5) is 1.06. The summed E-state index contributed by atoms with van der Waals surface area (Å²) in [5.41, 5.74) is 3.98. The highest BCUT2D eigenvalue weighted by Gasteiger charge is 2.12. The van der Waals surface area contributed by atoms with Gasteiger partial charge in [0.2, 0.25) is 0 Å². The van der Waals surface area contributed by atoms with E-state index in [1.165, 1.54) is 17.2 Å². The minimum absolute atomic E-state index is 0.106. The molecule has 0 amide bonds. The second-order valence-electron chi connectivity index (χ2n) is 3.52. The van der Waals surface area contributed by atoms with Crippen molar-refractivity contribution >= 4 is 11.5 Å². The minimum atomic E-state index is 0.106. The van der Waals surface area contributed by atoms with E-state index in [1.807, 2.05) is 17.8 Å². The number of aryl methyl sites for hydroxylation is 2. The maximum atomic E-state index is 5.52. The lowest BCUT2D eigenvalue weighted by molar-refractivity contribution is 0.513. The summed E-state index contributed by atoms with van der Waals surface area (Å²) in [6.45, 7) is 0. The highest BCUT2D eigenvalue weighted by Crippen LogP contribution is 2.19. The Morgan fingerprint density at radius 2 is 2.50 bits per heavy atom. The zero-order valence-corrected chi connectivity index (χ0v) is 9.81. The molecule has 0 aromatic carbocycles. The molecule has 0 saturated heterocycles. The largest absolute Gasteiger partial charge is 0.273 e. The maximum absolute atomic E-state index is 5.52. The average molecular weight is 238 g/mol. The second-order valence-corrected chi connectivity index (χ2v) is 4.34. The van der Waals surface area contributed by atoms with Gasteiger partial charge in [0.25, 0.3) is 0 Å². The van der Waals surface area contributed by atoms with Crippen LogP contribution in [-0.4, -0.2) is 19.4 Å². The molecule has 6 nitrogen and oxygen atoms in total. The second kappa shape index (κ2) is 5.15. The number of hydrazine groups is 1. The number of hydrogen-bond donors (Lipinski definition) is 2. The van der Waals surface area contributed by atoms with Crippen LogP contribution in [0.4, 0.5) is 0 Å². The van der Waals surface area contributed by atoms with Crippen LogP contribution in [0.5, 0.6) is 0 Å². The molecule has 0 radical (unpaired) electrons. The van der Waals surface area contributed by atoms with E-state index in [9.17, 15) is 0 Å². The third-order valence-electron chi connectivity index (χ3n) is 2.53. The lowest BCUT2D eigenvalue weighted by Crippen LogP contribution is -2.28. The predicted octanol–water partition coefficient (Wildman–Crippen LogP) is 0.409. The molecule has 16 heavy (non-hydrogen) atoms. The molecule has 2 aromatic heterocycles. The lowest BCUT2D eigenvalue weighted by Gasteiger charge is -2.12. The van der Waals surface area contributed by atoms with Crippen molar-refractivity contribution in [3.8, 4) is 0 Å². The molecule has 0 saturated carbocycles. The fraction of sp³-hybridized carbons (Fsp3) is 0.444. The lowest BCUT2D eigenvalue weighted by atomic mass is 10.1. The monoisotopic (exact) mass is 238 g/mol. The van der Waals surface area contributed by atoms with Crippen molar-refractivity contribution < 1.29 is 0 Å². The number of rotatable bonds is 5. The van der Waals surface area contributed by atoms with Crippen molar-refractivity contribution in [1.29, 1.82) is 0 Å². The van der Waals surface area contributed by atoms with Gasteiger partial charge in [-0.15, -0.1) is 5.10 Å². The summed E-state index contributed by atoms with van der Waals surface area (Å²) in [5.74, 6) is 5.52. The van der Waals surface area contributed by atoms with Crippen LogP contribution in [-0.2, 0) is 13.5 Å². The summed E-state index contributed by atoms with van der Waals surface area (Å²) < 4.78 is 5.71. The Hall–Kier alpha value is -1.31. The molecule has 7 heteroatoms. The van der Waals surface area contributed by atoms with Crippen LogP contribution in [0.25, 0.3) is 0 Å². The summed E-state index contributed by atoms with van der Waals surface area (Å²) in [5, 5.41) is 7.94. The SMILES string of the molecule is Cn1nccc1CCC(NN)c1cnns1. The van der Waals surface area contributed by atoms with Gasteiger partial charge in [-0.1, -0.05) is 4.49 Å². The van der Waals surface area contributed by atoms with E-state index in [2.05, 4.69) is 20.1 Å². The van der Waals surface area contributed by atoms with Crippen molar-refractivity contribution in [2.75, 3.05) is 0 Å². The molecule has 2 aromatic rings. The highest BCUT2D eigenvalue weighted by atomic mass is 32.1. The van der Waals surface area contributed by atoms with Crippen LogP contribution in [0.15, 0.2) is 18.5 Å². The van der Waals surface area contributed by atoms with Gasteiger partial charge in [-0.25, -0.2) is 0 Å². The first-order valence-electron chi connectivity index (χ1n) is 5.01. The van der Waals surface area contributed by atoms with Crippen molar-refractivity contribution in [3.05, 3.63) is 29.0 Å². The van der Waals surface area contributed by atoms with Crippen LogP contribution in [0.2, 0.25) is 0 Å². The normalized spacial score (nSPS) is 12.9. The molecule has 0 aliphatic carbocycles. The maximum Gasteiger partial charge on any atom is 0.0669 e. The fourth-order valence-corrected chi connectivity index (χ4v) is 2.17.